The van der Waals surface area contributed by atoms with Gasteiger partial charge in [-0.1, -0.05) is 29.3 Å². The smallest absolute Gasteiger partial charge is 0.243 e. The van der Waals surface area contributed by atoms with Crippen LogP contribution in [0.15, 0.2) is 47.5 Å². The molecule has 0 aliphatic carbocycles. The third-order valence-corrected chi connectivity index (χ3v) is 6.19. The van der Waals surface area contributed by atoms with Gasteiger partial charge in [-0.2, -0.15) is 16.5 Å². The maximum absolute atomic E-state index is 12.6. The molecule has 0 aliphatic rings. The number of nitrogens with one attached hydrogen (secondary N) is 2. The molecule has 6 nitrogen and oxygen atoms in total. The van der Waals surface area contributed by atoms with E-state index in [9.17, 15) is 13.2 Å². The van der Waals surface area contributed by atoms with Crippen LogP contribution >= 0.6 is 35.0 Å². The lowest BCUT2D eigenvalue weighted by Gasteiger charge is -2.18. The van der Waals surface area contributed by atoms with Crippen molar-refractivity contribution in [1.29, 1.82) is 0 Å². The summed E-state index contributed by atoms with van der Waals surface area (Å²) in [5.41, 5.74) is 0. The largest absolute Gasteiger partial charge is 0.309 e. The molecule has 1 aromatic carbocycles. The number of rotatable bonds is 8. The Balaban J connectivity index is 2.20. The summed E-state index contributed by atoms with van der Waals surface area (Å²) in [5.74, 6) is 0.464. The number of hydrogen-bond donors (Lipinski definition) is 2. The van der Waals surface area contributed by atoms with Crippen molar-refractivity contribution in [2.45, 2.75) is 17.4 Å². The van der Waals surface area contributed by atoms with Crippen LogP contribution in [0.1, 0.15) is 6.42 Å². The van der Waals surface area contributed by atoms with Crippen LogP contribution in [0, 0.1) is 0 Å². The van der Waals surface area contributed by atoms with Crippen LogP contribution in [0.4, 0.5) is 5.82 Å². The molecule has 2 rings (SSSR count). The first-order chi connectivity index (χ1) is 12.3. The molecule has 1 heterocycles. The fourth-order valence-corrected chi connectivity index (χ4v) is 4.12. The topological polar surface area (TPSA) is 88.2 Å². The highest BCUT2D eigenvalue weighted by atomic mass is 35.5. The van der Waals surface area contributed by atoms with E-state index in [2.05, 4.69) is 15.0 Å². The van der Waals surface area contributed by atoms with E-state index in [1.54, 1.807) is 18.2 Å². The second-order valence-corrected chi connectivity index (χ2v) is 8.75. The van der Waals surface area contributed by atoms with Gasteiger partial charge in [0.05, 0.1) is 14.9 Å². The van der Waals surface area contributed by atoms with Crippen molar-refractivity contribution in [2.24, 2.45) is 0 Å². The number of halogens is 2. The van der Waals surface area contributed by atoms with E-state index < -0.39 is 22.0 Å². The first-order valence-corrected chi connectivity index (χ1v) is 11.1. The van der Waals surface area contributed by atoms with Crippen molar-refractivity contribution in [1.82, 2.24) is 9.71 Å². The molecule has 0 saturated heterocycles. The summed E-state index contributed by atoms with van der Waals surface area (Å²) in [6.07, 6.45) is 3.73. The number of pyridine rings is 1. The summed E-state index contributed by atoms with van der Waals surface area (Å²) in [6, 6.07) is 8.07. The van der Waals surface area contributed by atoms with Gasteiger partial charge in [-0.25, -0.2) is 13.4 Å². The number of carbonyl (C=O) groups excluding carboxylic acids is 1. The highest BCUT2D eigenvalue weighted by Gasteiger charge is 2.26. The van der Waals surface area contributed by atoms with Crippen LogP contribution < -0.4 is 10.0 Å². The Morgan fingerprint density at radius 1 is 1.23 bits per heavy atom. The molecule has 0 aliphatic heterocycles. The number of nitrogens with zero attached hydrogens (tertiary/aromatic N) is 1. The van der Waals surface area contributed by atoms with Crippen molar-refractivity contribution in [3.8, 4) is 0 Å². The number of hydrogen-bond acceptors (Lipinski definition) is 5. The zero-order valence-electron chi connectivity index (χ0n) is 13.8. The summed E-state index contributed by atoms with van der Waals surface area (Å²) in [5, 5.41) is 2.98. The molecule has 0 radical (unpaired) electrons. The molecule has 2 aromatic rings. The van der Waals surface area contributed by atoms with Crippen molar-refractivity contribution in [2.75, 3.05) is 17.3 Å². The Labute approximate surface area is 166 Å². The van der Waals surface area contributed by atoms with Crippen LogP contribution in [0.2, 0.25) is 10.0 Å². The van der Waals surface area contributed by atoms with Gasteiger partial charge in [0.1, 0.15) is 11.9 Å². The highest BCUT2D eigenvalue weighted by Crippen LogP contribution is 2.25. The van der Waals surface area contributed by atoms with Crippen LogP contribution in [-0.2, 0) is 14.8 Å². The van der Waals surface area contributed by atoms with Gasteiger partial charge in [0.25, 0.3) is 0 Å². The molecule has 1 aromatic heterocycles. The number of benzene rings is 1. The SMILES string of the molecule is CSCC[C@H](NS(=O)(=O)c1ccc(Cl)c(Cl)c1)C(=O)Nc1ccccn1. The minimum absolute atomic E-state index is 0.0633. The van der Waals surface area contributed by atoms with Crippen LogP contribution in [0.3, 0.4) is 0 Å². The normalized spacial score (nSPS) is 12.6. The summed E-state index contributed by atoms with van der Waals surface area (Å²) in [4.78, 5) is 16.5. The van der Waals surface area contributed by atoms with Crippen LogP contribution in [0.25, 0.3) is 0 Å². The molecule has 0 saturated carbocycles. The van der Waals surface area contributed by atoms with Gasteiger partial charge in [0, 0.05) is 6.20 Å². The van der Waals surface area contributed by atoms with E-state index >= 15 is 0 Å². The summed E-state index contributed by atoms with van der Waals surface area (Å²) >= 11 is 13.2. The summed E-state index contributed by atoms with van der Waals surface area (Å²) in [6.45, 7) is 0. The van der Waals surface area contributed by atoms with Crippen molar-refractivity contribution in [3.63, 3.8) is 0 Å². The van der Waals surface area contributed by atoms with E-state index in [0.717, 1.165) is 0 Å². The average molecular weight is 434 g/mol. The molecule has 26 heavy (non-hydrogen) atoms. The van der Waals surface area contributed by atoms with Gasteiger partial charge < -0.3 is 5.32 Å². The van der Waals surface area contributed by atoms with Gasteiger partial charge in [0.2, 0.25) is 15.9 Å². The third-order valence-electron chi connectivity index (χ3n) is 3.34. The lowest BCUT2D eigenvalue weighted by atomic mass is 10.2. The molecule has 0 spiro atoms. The molecule has 10 heteroatoms. The number of sulfonamides is 1. The quantitative estimate of drug-likeness (QED) is 0.665. The van der Waals surface area contributed by atoms with E-state index in [4.69, 9.17) is 23.2 Å². The van der Waals surface area contributed by atoms with Crippen LogP contribution in [-0.4, -0.2) is 37.4 Å². The lowest BCUT2D eigenvalue weighted by molar-refractivity contribution is -0.117. The predicted octanol–water partition coefficient (Wildman–Crippen LogP) is 3.43. The van der Waals surface area contributed by atoms with Crippen LogP contribution in [0.5, 0.6) is 0 Å². The van der Waals surface area contributed by atoms with E-state index in [1.165, 1.54) is 36.2 Å². The van der Waals surface area contributed by atoms with Crippen molar-refractivity contribution in [3.05, 3.63) is 52.6 Å². The second-order valence-electron chi connectivity index (χ2n) is 5.24. The fraction of sp³-hybridized carbons (Fsp3) is 0.250. The zero-order valence-corrected chi connectivity index (χ0v) is 16.9. The van der Waals surface area contributed by atoms with Gasteiger partial charge in [-0.05, 0) is 48.8 Å². The summed E-state index contributed by atoms with van der Waals surface area (Å²) in [7, 11) is -3.95. The summed E-state index contributed by atoms with van der Waals surface area (Å²) < 4.78 is 27.7. The van der Waals surface area contributed by atoms with Gasteiger partial charge in [-0.15, -0.1) is 0 Å². The fourth-order valence-electron chi connectivity index (χ4n) is 2.03. The molecule has 0 unspecified atom stereocenters. The van der Waals surface area contributed by atoms with Gasteiger partial charge in [0.15, 0.2) is 0 Å². The predicted molar refractivity (Wildman–Crippen MR) is 106 cm³/mol. The monoisotopic (exact) mass is 433 g/mol. The first kappa shape index (κ1) is 21.0. The number of aromatic nitrogens is 1. The van der Waals surface area contributed by atoms with E-state index in [-0.39, 0.29) is 14.9 Å². The zero-order chi connectivity index (χ0) is 19.2. The number of thioether (sulfide) groups is 1. The molecular weight excluding hydrogens is 417 g/mol. The second kappa shape index (κ2) is 9.57. The number of carbonyl (C=O) groups is 1. The minimum atomic E-state index is -3.95. The minimum Gasteiger partial charge on any atom is -0.309 e. The molecule has 1 atom stereocenters. The maximum atomic E-state index is 12.6. The molecule has 0 bridgehead atoms. The number of amides is 1. The van der Waals surface area contributed by atoms with Gasteiger partial charge in [-0.3, -0.25) is 4.79 Å². The van der Waals surface area contributed by atoms with Gasteiger partial charge >= 0.3 is 0 Å². The molecule has 140 valence electrons. The number of anilines is 1. The highest BCUT2D eigenvalue weighted by molar-refractivity contribution is 7.98. The average Bonchev–Trinajstić information content (AvgIpc) is 2.61. The van der Waals surface area contributed by atoms with Crippen molar-refractivity contribution < 1.29 is 13.2 Å². The van der Waals surface area contributed by atoms with Crippen molar-refractivity contribution >= 4 is 56.7 Å². The molecule has 0 fully saturated rings. The molecular formula is C16H17Cl2N3O3S2. The maximum Gasteiger partial charge on any atom is 0.243 e. The van der Waals surface area contributed by atoms with E-state index in [1.807, 2.05) is 6.26 Å². The lowest BCUT2D eigenvalue weighted by Crippen LogP contribution is -2.44. The Hall–Kier alpha value is -1.32. The Morgan fingerprint density at radius 3 is 2.62 bits per heavy atom. The Bertz CT molecular complexity index is 864. The first-order valence-electron chi connectivity index (χ1n) is 7.51. The standard InChI is InChI=1S/C16H17Cl2N3O3S2/c1-25-9-7-14(16(22)20-15-4-2-3-8-19-15)21-26(23,24)11-5-6-12(17)13(18)10-11/h2-6,8,10,14,21H,7,9H2,1H3,(H,19,20,22)/t14-/m0/s1. The Morgan fingerprint density at radius 2 is 2.00 bits per heavy atom. The van der Waals surface area contributed by atoms with E-state index in [0.29, 0.717) is 18.0 Å². The Kier molecular flexibility index (Phi) is 7.72. The molecule has 1 amide bonds. The molecule has 2 N–H and O–H groups in total. The third kappa shape index (κ3) is 5.85.